The van der Waals surface area contributed by atoms with Crippen molar-refractivity contribution in [3.05, 3.63) is 77.6 Å². The monoisotopic (exact) mass is 362 g/mol. The van der Waals surface area contributed by atoms with Gasteiger partial charge >= 0.3 is 0 Å². The lowest BCUT2D eigenvalue weighted by molar-refractivity contribution is -0.121. The van der Waals surface area contributed by atoms with Crippen molar-refractivity contribution in [1.29, 1.82) is 0 Å². The molecule has 136 valence electrons. The Balaban J connectivity index is 1.33. The van der Waals surface area contributed by atoms with E-state index in [0.717, 1.165) is 27.6 Å². The summed E-state index contributed by atoms with van der Waals surface area (Å²) in [6, 6.07) is 17.7. The molecule has 1 aliphatic heterocycles. The van der Waals surface area contributed by atoms with Crippen molar-refractivity contribution >= 4 is 28.3 Å². The van der Waals surface area contributed by atoms with Crippen LogP contribution in [-0.2, 0) is 11.3 Å². The average Bonchev–Trinajstić information content (AvgIpc) is 2.96. The first kappa shape index (κ1) is 17.2. The molecule has 0 aromatic heterocycles. The SMILES string of the molecule is O=C(CCCN1C(=O)c2cccc3cccc1c23)NCc1ccc(F)cc1. The molecule has 0 aliphatic carbocycles. The van der Waals surface area contributed by atoms with Gasteiger partial charge in [0.25, 0.3) is 5.91 Å². The van der Waals surface area contributed by atoms with E-state index in [-0.39, 0.29) is 17.6 Å². The van der Waals surface area contributed by atoms with Crippen LogP contribution in [0.3, 0.4) is 0 Å². The van der Waals surface area contributed by atoms with Gasteiger partial charge in [-0.3, -0.25) is 9.59 Å². The van der Waals surface area contributed by atoms with Gasteiger partial charge < -0.3 is 10.2 Å². The fourth-order valence-corrected chi connectivity index (χ4v) is 3.49. The van der Waals surface area contributed by atoms with Crippen LogP contribution in [0.5, 0.6) is 0 Å². The minimum absolute atomic E-state index is 0.00600. The third-order valence-electron chi connectivity index (χ3n) is 4.84. The number of amides is 2. The predicted octanol–water partition coefficient (Wildman–Crippen LogP) is 4.04. The zero-order valence-electron chi connectivity index (χ0n) is 14.7. The van der Waals surface area contributed by atoms with E-state index in [9.17, 15) is 14.0 Å². The highest BCUT2D eigenvalue weighted by molar-refractivity contribution is 6.25. The van der Waals surface area contributed by atoms with Crippen LogP contribution in [0.2, 0.25) is 0 Å². The summed E-state index contributed by atoms with van der Waals surface area (Å²) in [5.41, 5.74) is 2.49. The van der Waals surface area contributed by atoms with E-state index in [0.29, 0.717) is 25.9 Å². The Morgan fingerprint density at radius 2 is 1.74 bits per heavy atom. The first-order valence-electron chi connectivity index (χ1n) is 8.98. The molecule has 2 amide bonds. The molecule has 0 unspecified atom stereocenters. The van der Waals surface area contributed by atoms with Gasteiger partial charge in [0.1, 0.15) is 5.82 Å². The molecule has 1 heterocycles. The second-order valence-corrected chi connectivity index (χ2v) is 6.64. The predicted molar refractivity (Wildman–Crippen MR) is 103 cm³/mol. The van der Waals surface area contributed by atoms with Crippen molar-refractivity contribution in [3.8, 4) is 0 Å². The summed E-state index contributed by atoms with van der Waals surface area (Å²) in [5.74, 6) is -0.383. The molecule has 0 fully saturated rings. The van der Waals surface area contributed by atoms with Crippen LogP contribution in [0, 0.1) is 5.82 Å². The van der Waals surface area contributed by atoms with E-state index < -0.39 is 0 Å². The smallest absolute Gasteiger partial charge is 0.258 e. The molecule has 0 atom stereocenters. The van der Waals surface area contributed by atoms with Crippen LogP contribution in [0.25, 0.3) is 10.8 Å². The summed E-state index contributed by atoms with van der Waals surface area (Å²) in [4.78, 5) is 26.5. The number of hydrogen-bond acceptors (Lipinski definition) is 2. The highest BCUT2D eigenvalue weighted by Crippen LogP contribution is 2.37. The Labute approximate surface area is 156 Å². The second-order valence-electron chi connectivity index (χ2n) is 6.64. The summed E-state index contributed by atoms with van der Waals surface area (Å²) in [5, 5.41) is 4.87. The van der Waals surface area contributed by atoms with Crippen LogP contribution in [0.4, 0.5) is 10.1 Å². The van der Waals surface area contributed by atoms with Gasteiger partial charge in [-0.15, -0.1) is 0 Å². The molecule has 0 bridgehead atoms. The number of anilines is 1. The standard InChI is InChI=1S/C22H19FN2O2/c23-17-11-9-15(10-12-17)14-24-20(26)8-3-13-25-19-7-2-5-16-4-1-6-18(21(16)19)22(25)27/h1-2,4-7,9-12H,3,8,13-14H2,(H,24,26). The van der Waals surface area contributed by atoms with Gasteiger partial charge in [0.05, 0.1) is 5.69 Å². The van der Waals surface area contributed by atoms with Crippen molar-refractivity contribution in [2.45, 2.75) is 19.4 Å². The maximum atomic E-state index is 12.9. The first-order valence-corrected chi connectivity index (χ1v) is 8.98. The van der Waals surface area contributed by atoms with E-state index in [1.54, 1.807) is 17.0 Å². The van der Waals surface area contributed by atoms with E-state index in [4.69, 9.17) is 0 Å². The second kappa shape index (κ2) is 7.19. The van der Waals surface area contributed by atoms with E-state index in [1.165, 1.54) is 12.1 Å². The number of carbonyl (C=O) groups is 2. The summed E-state index contributed by atoms with van der Waals surface area (Å²) < 4.78 is 12.9. The highest BCUT2D eigenvalue weighted by atomic mass is 19.1. The zero-order valence-corrected chi connectivity index (χ0v) is 14.7. The van der Waals surface area contributed by atoms with Crippen molar-refractivity contribution in [3.63, 3.8) is 0 Å². The van der Waals surface area contributed by atoms with Crippen molar-refractivity contribution in [2.24, 2.45) is 0 Å². The average molecular weight is 362 g/mol. The molecule has 5 heteroatoms. The van der Waals surface area contributed by atoms with Crippen LogP contribution in [0.1, 0.15) is 28.8 Å². The molecule has 3 aromatic carbocycles. The summed E-state index contributed by atoms with van der Waals surface area (Å²) in [7, 11) is 0. The maximum absolute atomic E-state index is 12.9. The van der Waals surface area contributed by atoms with Crippen LogP contribution < -0.4 is 10.2 Å². The first-order chi connectivity index (χ1) is 13.1. The summed E-state index contributed by atoms with van der Waals surface area (Å²) >= 11 is 0. The number of rotatable bonds is 6. The van der Waals surface area contributed by atoms with E-state index >= 15 is 0 Å². The topological polar surface area (TPSA) is 49.4 Å². The number of nitrogens with zero attached hydrogens (tertiary/aromatic N) is 1. The number of halogens is 1. The van der Waals surface area contributed by atoms with Gasteiger partial charge in [-0.25, -0.2) is 4.39 Å². The Bertz CT molecular complexity index is 1010. The van der Waals surface area contributed by atoms with Gasteiger partial charge in [-0.05, 0) is 41.6 Å². The van der Waals surface area contributed by atoms with E-state index in [1.807, 2.05) is 36.4 Å². The molecule has 1 aliphatic rings. The van der Waals surface area contributed by atoms with Gasteiger partial charge in [-0.2, -0.15) is 0 Å². The lowest BCUT2D eigenvalue weighted by atomic mass is 10.1. The molecule has 0 saturated heterocycles. The molecule has 0 radical (unpaired) electrons. The van der Waals surface area contributed by atoms with Crippen LogP contribution in [0.15, 0.2) is 60.7 Å². The largest absolute Gasteiger partial charge is 0.352 e. The van der Waals surface area contributed by atoms with Crippen LogP contribution in [-0.4, -0.2) is 18.4 Å². The molecule has 0 spiro atoms. The highest BCUT2D eigenvalue weighted by Gasteiger charge is 2.28. The molecule has 4 rings (SSSR count). The van der Waals surface area contributed by atoms with Crippen LogP contribution >= 0.6 is 0 Å². The Kier molecular flexibility index (Phi) is 4.59. The maximum Gasteiger partial charge on any atom is 0.258 e. The quantitative estimate of drug-likeness (QED) is 0.720. The summed E-state index contributed by atoms with van der Waals surface area (Å²) in [6.07, 6.45) is 0.905. The molecule has 3 aromatic rings. The zero-order chi connectivity index (χ0) is 18.8. The number of benzene rings is 3. The Hall–Kier alpha value is -3.21. The third-order valence-corrected chi connectivity index (χ3v) is 4.84. The normalized spacial score (nSPS) is 12.6. The van der Waals surface area contributed by atoms with Crippen molar-refractivity contribution in [1.82, 2.24) is 5.32 Å². The number of carbonyl (C=O) groups excluding carboxylic acids is 2. The van der Waals surface area contributed by atoms with Gasteiger partial charge in [0.2, 0.25) is 5.91 Å². The number of hydrogen-bond donors (Lipinski definition) is 1. The van der Waals surface area contributed by atoms with Gasteiger partial charge in [-0.1, -0.05) is 36.4 Å². The lowest BCUT2D eigenvalue weighted by Crippen LogP contribution is -2.29. The Morgan fingerprint density at radius 3 is 2.52 bits per heavy atom. The van der Waals surface area contributed by atoms with Crippen molar-refractivity contribution in [2.75, 3.05) is 11.4 Å². The minimum atomic E-state index is -0.295. The fraction of sp³-hybridized carbons (Fsp3) is 0.182. The molecular weight excluding hydrogens is 343 g/mol. The third kappa shape index (κ3) is 3.40. The molecule has 27 heavy (non-hydrogen) atoms. The lowest BCUT2D eigenvalue weighted by Gasteiger charge is -2.17. The fourth-order valence-electron chi connectivity index (χ4n) is 3.49. The molecular formula is C22H19FN2O2. The molecule has 1 N–H and O–H groups in total. The van der Waals surface area contributed by atoms with E-state index in [2.05, 4.69) is 5.32 Å². The number of nitrogens with one attached hydrogen (secondary N) is 1. The van der Waals surface area contributed by atoms with Gasteiger partial charge in [0.15, 0.2) is 0 Å². The molecule has 4 nitrogen and oxygen atoms in total. The summed E-state index contributed by atoms with van der Waals surface area (Å²) in [6.45, 7) is 0.864. The molecule has 0 saturated carbocycles. The van der Waals surface area contributed by atoms with Crippen molar-refractivity contribution < 1.29 is 14.0 Å². The minimum Gasteiger partial charge on any atom is -0.352 e. The Morgan fingerprint density at radius 1 is 1.00 bits per heavy atom. The van der Waals surface area contributed by atoms with Gasteiger partial charge in [0, 0.05) is 30.5 Å².